The molecule has 1 aliphatic rings. The molecule has 0 saturated heterocycles. The zero-order valence-corrected chi connectivity index (χ0v) is 13.2. The Morgan fingerprint density at radius 3 is 2.55 bits per heavy atom. The largest absolute Gasteiger partial charge is 0.370 e. The summed E-state index contributed by atoms with van der Waals surface area (Å²) < 4.78 is 5.77. The van der Waals surface area contributed by atoms with E-state index in [4.69, 9.17) is 20.4 Å². The summed E-state index contributed by atoms with van der Waals surface area (Å²) in [4.78, 5) is 9.61. The number of ether oxygens (including phenoxy) is 1. The minimum Gasteiger partial charge on any atom is -0.370 e. The molecule has 4 nitrogen and oxygen atoms in total. The summed E-state index contributed by atoms with van der Waals surface area (Å²) in [5, 5.41) is 0. The Bertz CT molecular complexity index is 461. The molecule has 2 N–H and O–H groups in total. The van der Waals surface area contributed by atoms with Crippen LogP contribution in [0.3, 0.4) is 0 Å². The van der Waals surface area contributed by atoms with Crippen molar-refractivity contribution in [2.24, 2.45) is 11.7 Å². The van der Waals surface area contributed by atoms with Gasteiger partial charge in [-0.2, -0.15) is 0 Å². The van der Waals surface area contributed by atoms with Crippen LogP contribution in [-0.2, 0) is 23.2 Å². The van der Waals surface area contributed by atoms with Crippen LogP contribution in [0.5, 0.6) is 0 Å². The average molecular weight is 277 g/mol. The third-order valence-corrected chi connectivity index (χ3v) is 4.86. The van der Waals surface area contributed by atoms with E-state index in [0.29, 0.717) is 5.92 Å². The van der Waals surface area contributed by atoms with Crippen molar-refractivity contribution in [3.63, 3.8) is 0 Å². The van der Waals surface area contributed by atoms with Crippen LogP contribution in [0.25, 0.3) is 0 Å². The summed E-state index contributed by atoms with van der Waals surface area (Å²) in [5.41, 5.74) is 9.10. The highest BCUT2D eigenvalue weighted by atomic mass is 16.5. The van der Waals surface area contributed by atoms with Gasteiger partial charge in [-0.1, -0.05) is 13.8 Å². The van der Waals surface area contributed by atoms with Crippen LogP contribution in [0, 0.1) is 12.8 Å². The molecular weight excluding hydrogens is 250 g/mol. The van der Waals surface area contributed by atoms with Gasteiger partial charge in [-0.3, -0.25) is 0 Å². The van der Waals surface area contributed by atoms with E-state index >= 15 is 0 Å². The molecule has 4 heteroatoms. The predicted octanol–water partition coefficient (Wildman–Crippen LogP) is 2.51. The molecule has 1 atom stereocenters. The number of fused-ring (bicyclic) bond motifs is 1. The van der Waals surface area contributed by atoms with E-state index in [1.165, 1.54) is 11.3 Å². The lowest BCUT2D eigenvalue weighted by Crippen LogP contribution is -2.32. The lowest BCUT2D eigenvalue weighted by atomic mass is 9.85. The summed E-state index contributed by atoms with van der Waals surface area (Å²) in [5.74, 6) is 1.44. The predicted molar refractivity (Wildman–Crippen MR) is 80.6 cm³/mol. The van der Waals surface area contributed by atoms with Gasteiger partial charge in [0.2, 0.25) is 0 Å². The van der Waals surface area contributed by atoms with Gasteiger partial charge in [0.05, 0.1) is 0 Å². The van der Waals surface area contributed by atoms with E-state index in [9.17, 15) is 0 Å². The number of aromatic nitrogens is 2. The molecule has 0 radical (unpaired) electrons. The van der Waals surface area contributed by atoms with Crippen LogP contribution in [0.4, 0.5) is 0 Å². The second-order valence-electron chi connectivity index (χ2n) is 5.81. The molecule has 2 rings (SSSR count). The fourth-order valence-corrected chi connectivity index (χ4v) is 3.21. The molecule has 1 unspecified atom stereocenters. The molecule has 1 aromatic heterocycles. The second kappa shape index (κ2) is 6.19. The highest BCUT2D eigenvalue weighted by Gasteiger charge is 2.33. The number of hydrogen-bond donors (Lipinski definition) is 1. The monoisotopic (exact) mass is 277 g/mol. The average Bonchev–Trinajstić information content (AvgIpc) is 2.49. The number of aryl methyl sites for hydroxylation is 2. The maximum Gasteiger partial charge on any atom is 0.160 e. The quantitative estimate of drug-likeness (QED) is 0.898. The first kappa shape index (κ1) is 15.4. The molecule has 1 aromatic rings. The van der Waals surface area contributed by atoms with E-state index in [1.54, 1.807) is 7.11 Å². The van der Waals surface area contributed by atoms with Crippen molar-refractivity contribution >= 4 is 0 Å². The van der Waals surface area contributed by atoms with Gasteiger partial charge in [-0.25, -0.2) is 9.97 Å². The number of nitrogens with zero attached hydrogens (tertiary/aromatic N) is 2. The van der Waals surface area contributed by atoms with Gasteiger partial charge < -0.3 is 10.5 Å². The Morgan fingerprint density at radius 1 is 1.30 bits per heavy atom. The van der Waals surface area contributed by atoms with E-state index in [2.05, 4.69) is 20.8 Å². The molecule has 0 bridgehead atoms. The highest BCUT2D eigenvalue weighted by Crippen LogP contribution is 2.33. The third-order valence-electron chi connectivity index (χ3n) is 4.86. The molecule has 1 aliphatic carbocycles. The summed E-state index contributed by atoms with van der Waals surface area (Å²) in [6.45, 7) is 7.12. The first-order valence-corrected chi connectivity index (χ1v) is 7.72. The Balaban J connectivity index is 2.43. The summed E-state index contributed by atoms with van der Waals surface area (Å²) >= 11 is 0. The van der Waals surface area contributed by atoms with Crippen LogP contribution in [0.2, 0.25) is 0 Å². The molecule has 0 spiro atoms. The van der Waals surface area contributed by atoms with Gasteiger partial charge in [-0.15, -0.1) is 0 Å². The van der Waals surface area contributed by atoms with Gasteiger partial charge in [0.25, 0.3) is 0 Å². The lowest BCUT2D eigenvalue weighted by Gasteiger charge is -2.31. The maximum absolute atomic E-state index is 5.81. The molecule has 0 aromatic carbocycles. The molecule has 112 valence electrons. The van der Waals surface area contributed by atoms with Gasteiger partial charge in [-0.05, 0) is 57.1 Å². The Labute approximate surface area is 122 Å². The standard InChI is InChI=1S/C16H27N3O/c1-5-16(6-2,20-4)15-18-11(3)13-9-12(10-17)7-8-14(13)19-15/h12H,5-10,17H2,1-4H3. The number of rotatable bonds is 5. The molecule has 1 heterocycles. The normalized spacial score (nSPS) is 18.9. The first-order chi connectivity index (χ1) is 9.60. The van der Waals surface area contributed by atoms with E-state index in [0.717, 1.165) is 50.2 Å². The Kier molecular flexibility index (Phi) is 4.76. The van der Waals surface area contributed by atoms with Crippen LogP contribution < -0.4 is 5.73 Å². The molecular formula is C16H27N3O. The van der Waals surface area contributed by atoms with E-state index < -0.39 is 0 Å². The lowest BCUT2D eigenvalue weighted by molar-refractivity contribution is -0.0295. The Morgan fingerprint density at radius 2 is 2.00 bits per heavy atom. The number of methoxy groups -OCH3 is 1. The smallest absolute Gasteiger partial charge is 0.160 e. The van der Waals surface area contributed by atoms with Crippen molar-refractivity contribution in [2.45, 2.75) is 58.5 Å². The first-order valence-electron chi connectivity index (χ1n) is 7.72. The van der Waals surface area contributed by atoms with Gasteiger partial charge in [0.15, 0.2) is 5.82 Å². The highest BCUT2D eigenvalue weighted by molar-refractivity contribution is 5.29. The molecule has 0 aliphatic heterocycles. The third kappa shape index (κ3) is 2.59. The van der Waals surface area contributed by atoms with Gasteiger partial charge in [0.1, 0.15) is 5.60 Å². The maximum atomic E-state index is 5.81. The zero-order valence-electron chi connectivity index (χ0n) is 13.2. The second-order valence-corrected chi connectivity index (χ2v) is 5.81. The minimum absolute atomic E-state index is 0.343. The van der Waals surface area contributed by atoms with Crippen molar-refractivity contribution < 1.29 is 4.74 Å². The SMILES string of the molecule is CCC(CC)(OC)c1nc(C)c2c(n1)CCC(CN)C2. The van der Waals surface area contributed by atoms with Crippen molar-refractivity contribution in [3.8, 4) is 0 Å². The minimum atomic E-state index is -0.343. The summed E-state index contributed by atoms with van der Waals surface area (Å²) in [7, 11) is 1.76. The van der Waals surface area contributed by atoms with Crippen molar-refractivity contribution in [1.29, 1.82) is 0 Å². The van der Waals surface area contributed by atoms with Crippen LogP contribution >= 0.6 is 0 Å². The number of nitrogens with two attached hydrogens (primary N) is 1. The summed E-state index contributed by atoms with van der Waals surface area (Å²) in [6.07, 6.45) is 4.96. The van der Waals surface area contributed by atoms with Gasteiger partial charge in [0, 0.05) is 18.5 Å². The van der Waals surface area contributed by atoms with Crippen molar-refractivity contribution in [2.75, 3.05) is 13.7 Å². The fourth-order valence-electron chi connectivity index (χ4n) is 3.21. The molecule has 0 amide bonds. The fraction of sp³-hybridized carbons (Fsp3) is 0.750. The van der Waals surface area contributed by atoms with Crippen molar-refractivity contribution in [1.82, 2.24) is 9.97 Å². The molecule has 0 fully saturated rings. The van der Waals surface area contributed by atoms with Crippen molar-refractivity contribution in [3.05, 3.63) is 22.8 Å². The zero-order chi connectivity index (χ0) is 14.8. The van der Waals surface area contributed by atoms with Crippen LogP contribution in [0.15, 0.2) is 0 Å². The molecule has 20 heavy (non-hydrogen) atoms. The van der Waals surface area contributed by atoms with E-state index in [1.807, 2.05) is 0 Å². The van der Waals surface area contributed by atoms with Crippen LogP contribution in [0.1, 0.15) is 55.9 Å². The van der Waals surface area contributed by atoms with E-state index in [-0.39, 0.29) is 5.60 Å². The topological polar surface area (TPSA) is 61.0 Å². The summed E-state index contributed by atoms with van der Waals surface area (Å²) in [6, 6.07) is 0. The number of hydrogen-bond acceptors (Lipinski definition) is 4. The van der Waals surface area contributed by atoms with Crippen LogP contribution in [-0.4, -0.2) is 23.6 Å². The van der Waals surface area contributed by atoms with Gasteiger partial charge >= 0.3 is 0 Å². The Hall–Kier alpha value is -1.00. The molecule has 0 saturated carbocycles.